The summed E-state index contributed by atoms with van der Waals surface area (Å²) in [6, 6.07) is 6.22. The minimum absolute atomic E-state index is 1.00. The van der Waals surface area contributed by atoms with Crippen molar-refractivity contribution in [1.82, 2.24) is 4.98 Å². The summed E-state index contributed by atoms with van der Waals surface area (Å²) in [5.41, 5.74) is 1.09. The molecule has 1 nitrogen and oxygen atoms in total. The molecule has 0 saturated heterocycles. The van der Waals surface area contributed by atoms with Gasteiger partial charge in [-0.3, -0.25) is 0 Å². The molecule has 3 heteroatoms. The summed E-state index contributed by atoms with van der Waals surface area (Å²) in [7, 11) is 0. The monoisotopic (exact) mass is 267 g/mol. The third kappa shape index (κ3) is 2.04. The van der Waals surface area contributed by atoms with E-state index in [1.807, 2.05) is 6.08 Å². The number of benzene rings is 1. The molecule has 0 aliphatic rings. The molecule has 0 spiro atoms. The number of aromatic nitrogens is 1. The molecule has 1 aromatic carbocycles. The minimum atomic E-state index is 1.00. The maximum atomic E-state index is 4.55. The minimum Gasteiger partial charge on any atom is -0.241 e. The Hall–Kier alpha value is -0.670. The van der Waals surface area contributed by atoms with Crippen LogP contribution in [-0.2, 0) is 6.42 Å². The molecule has 0 radical (unpaired) electrons. The smallest absolute Gasteiger partial charge is 0.0941 e. The number of aryl methyl sites for hydroxylation is 1. The van der Waals surface area contributed by atoms with E-state index in [9.17, 15) is 0 Å². The lowest BCUT2D eigenvalue weighted by molar-refractivity contribution is 0.989. The molecule has 0 aliphatic heterocycles. The van der Waals surface area contributed by atoms with E-state index >= 15 is 0 Å². The lowest BCUT2D eigenvalue weighted by atomic mass is 10.3. The quantitative estimate of drug-likeness (QED) is 0.761. The summed E-state index contributed by atoms with van der Waals surface area (Å²) in [5.74, 6) is 0. The van der Waals surface area contributed by atoms with Crippen molar-refractivity contribution in [2.75, 3.05) is 0 Å². The summed E-state index contributed by atoms with van der Waals surface area (Å²) in [6.45, 7) is 3.71. The summed E-state index contributed by atoms with van der Waals surface area (Å²) in [4.78, 5) is 4.55. The second kappa shape index (κ2) is 4.24. The van der Waals surface area contributed by atoms with E-state index in [0.29, 0.717) is 0 Å². The number of rotatable bonds is 3. The van der Waals surface area contributed by atoms with Gasteiger partial charge in [0.2, 0.25) is 0 Å². The fourth-order valence-corrected chi connectivity index (χ4v) is 2.59. The van der Waals surface area contributed by atoms with Crippen LogP contribution in [0.2, 0.25) is 0 Å². The van der Waals surface area contributed by atoms with Crippen LogP contribution in [0.1, 0.15) is 11.4 Å². The molecule has 0 N–H and O–H groups in total. The van der Waals surface area contributed by atoms with Gasteiger partial charge in [0, 0.05) is 10.9 Å². The van der Waals surface area contributed by atoms with Crippen LogP contribution in [-0.4, -0.2) is 4.98 Å². The zero-order valence-corrected chi connectivity index (χ0v) is 10.1. The van der Waals surface area contributed by atoms with E-state index in [2.05, 4.69) is 45.7 Å². The second-order valence-electron chi connectivity index (χ2n) is 3.05. The highest BCUT2D eigenvalue weighted by Gasteiger charge is 2.02. The third-order valence-electron chi connectivity index (χ3n) is 1.96. The first-order valence-electron chi connectivity index (χ1n) is 4.45. The van der Waals surface area contributed by atoms with Gasteiger partial charge in [0.1, 0.15) is 0 Å². The van der Waals surface area contributed by atoms with Crippen LogP contribution in [0.25, 0.3) is 10.2 Å². The third-order valence-corrected chi connectivity index (χ3v) is 3.55. The highest BCUT2D eigenvalue weighted by Crippen LogP contribution is 2.25. The second-order valence-corrected chi connectivity index (χ2v) is 5.08. The largest absolute Gasteiger partial charge is 0.241 e. The zero-order chi connectivity index (χ0) is 9.97. The Morgan fingerprint density at radius 3 is 3.14 bits per heavy atom. The van der Waals surface area contributed by atoms with Gasteiger partial charge < -0.3 is 0 Å². The fourth-order valence-electron chi connectivity index (χ4n) is 1.28. The molecule has 14 heavy (non-hydrogen) atoms. The van der Waals surface area contributed by atoms with Crippen LogP contribution in [0.4, 0.5) is 0 Å². The number of hydrogen-bond donors (Lipinski definition) is 0. The molecule has 0 saturated carbocycles. The van der Waals surface area contributed by atoms with E-state index in [4.69, 9.17) is 0 Å². The molecule has 1 heterocycles. The van der Waals surface area contributed by atoms with Crippen LogP contribution >= 0.6 is 27.3 Å². The predicted octanol–water partition coefficient (Wildman–Crippen LogP) is 4.18. The van der Waals surface area contributed by atoms with Crippen molar-refractivity contribution in [3.63, 3.8) is 0 Å². The van der Waals surface area contributed by atoms with Crippen molar-refractivity contribution in [3.05, 3.63) is 40.3 Å². The Morgan fingerprint density at radius 1 is 1.50 bits per heavy atom. The van der Waals surface area contributed by atoms with E-state index in [-0.39, 0.29) is 0 Å². The predicted molar refractivity (Wildman–Crippen MR) is 65.8 cm³/mol. The number of fused-ring (bicyclic) bond motifs is 1. The van der Waals surface area contributed by atoms with Crippen LogP contribution in [0.3, 0.4) is 0 Å². The standard InChI is InChI=1S/C11H10BrNS/c1-2-3-4-11-13-9-7-8(12)5-6-10(9)14-11/h2,5-7H,1,3-4H2. The van der Waals surface area contributed by atoms with E-state index in [1.165, 1.54) is 9.71 Å². The van der Waals surface area contributed by atoms with Crippen molar-refractivity contribution in [1.29, 1.82) is 0 Å². The van der Waals surface area contributed by atoms with Crippen LogP contribution < -0.4 is 0 Å². The summed E-state index contributed by atoms with van der Waals surface area (Å²) < 4.78 is 2.35. The van der Waals surface area contributed by atoms with Gasteiger partial charge in [0.05, 0.1) is 15.2 Å². The Kier molecular flexibility index (Phi) is 2.99. The first-order valence-corrected chi connectivity index (χ1v) is 6.06. The molecular formula is C11H10BrNS. The first-order chi connectivity index (χ1) is 6.79. The zero-order valence-electron chi connectivity index (χ0n) is 7.66. The van der Waals surface area contributed by atoms with Gasteiger partial charge in [-0.25, -0.2) is 4.98 Å². The van der Waals surface area contributed by atoms with E-state index in [0.717, 1.165) is 22.8 Å². The van der Waals surface area contributed by atoms with Crippen molar-refractivity contribution >= 4 is 37.5 Å². The number of thiazole rings is 1. The van der Waals surface area contributed by atoms with Crippen molar-refractivity contribution in [2.45, 2.75) is 12.8 Å². The Bertz CT molecular complexity index is 461. The van der Waals surface area contributed by atoms with Crippen molar-refractivity contribution in [2.24, 2.45) is 0 Å². The Labute approximate surface area is 95.6 Å². The molecule has 1 aromatic heterocycles. The van der Waals surface area contributed by atoms with Gasteiger partial charge in [-0.2, -0.15) is 0 Å². The van der Waals surface area contributed by atoms with Crippen LogP contribution in [0.15, 0.2) is 35.3 Å². The highest BCUT2D eigenvalue weighted by atomic mass is 79.9. The highest BCUT2D eigenvalue weighted by molar-refractivity contribution is 9.10. The maximum absolute atomic E-state index is 4.55. The topological polar surface area (TPSA) is 12.9 Å². The fraction of sp³-hybridized carbons (Fsp3) is 0.182. The normalized spacial score (nSPS) is 10.6. The van der Waals surface area contributed by atoms with Gasteiger partial charge in [-0.1, -0.05) is 22.0 Å². The SMILES string of the molecule is C=CCCc1nc2cc(Br)ccc2s1. The first kappa shape index (κ1) is 9.87. The van der Waals surface area contributed by atoms with Gasteiger partial charge >= 0.3 is 0 Å². The average Bonchev–Trinajstić information content (AvgIpc) is 2.56. The van der Waals surface area contributed by atoms with Gasteiger partial charge in [0.25, 0.3) is 0 Å². The number of nitrogens with zero attached hydrogens (tertiary/aromatic N) is 1. The molecule has 0 fully saturated rings. The number of allylic oxidation sites excluding steroid dienone is 1. The van der Waals surface area contributed by atoms with E-state index < -0.39 is 0 Å². The molecule has 2 rings (SSSR count). The molecule has 0 aliphatic carbocycles. The molecule has 0 atom stereocenters. The van der Waals surface area contributed by atoms with Gasteiger partial charge in [-0.15, -0.1) is 17.9 Å². The molecule has 2 aromatic rings. The molecule has 0 unspecified atom stereocenters. The lowest BCUT2D eigenvalue weighted by Gasteiger charge is -1.87. The van der Waals surface area contributed by atoms with E-state index in [1.54, 1.807) is 11.3 Å². The molecular weight excluding hydrogens is 258 g/mol. The van der Waals surface area contributed by atoms with Crippen LogP contribution in [0.5, 0.6) is 0 Å². The van der Waals surface area contributed by atoms with Gasteiger partial charge in [0.15, 0.2) is 0 Å². The molecule has 0 amide bonds. The molecule has 0 bridgehead atoms. The number of hydrogen-bond acceptors (Lipinski definition) is 2. The maximum Gasteiger partial charge on any atom is 0.0941 e. The number of halogens is 1. The Balaban J connectivity index is 2.36. The average molecular weight is 268 g/mol. The summed E-state index contributed by atoms with van der Waals surface area (Å²) in [5, 5.41) is 1.19. The lowest BCUT2D eigenvalue weighted by Crippen LogP contribution is -1.79. The Morgan fingerprint density at radius 2 is 2.36 bits per heavy atom. The van der Waals surface area contributed by atoms with Gasteiger partial charge in [-0.05, 0) is 24.6 Å². The van der Waals surface area contributed by atoms with Crippen molar-refractivity contribution < 1.29 is 0 Å². The summed E-state index contributed by atoms with van der Waals surface area (Å²) in [6.07, 6.45) is 3.93. The van der Waals surface area contributed by atoms with Crippen molar-refractivity contribution in [3.8, 4) is 0 Å². The van der Waals surface area contributed by atoms with Crippen LogP contribution in [0, 0.1) is 0 Å². The summed E-state index contributed by atoms with van der Waals surface area (Å²) >= 11 is 5.21. The molecule has 72 valence electrons.